The monoisotopic (exact) mass is 365 g/mol. The number of carbonyl (C=O) groups is 2. The molecule has 0 aromatic carbocycles. The molecule has 1 aliphatic heterocycles. The minimum absolute atomic E-state index is 0.137. The smallest absolute Gasteiger partial charge is 0.346 e. The molecule has 0 atom stereocenters. The maximum Gasteiger partial charge on any atom is 0.346 e. The molecule has 1 saturated heterocycles. The molecule has 0 bridgehead atoms. The van der Waals surface area contributed by atoms with Gasteiger partial charge in [-0.2, -0.15) is 0 Å². The Morgan fingerprint density at radius 1 is 1.40 bits per heavy atom. The average molecular weight is 365 g/mol. The number of carboxylic acids is 1. The van der Waals surface area contributed by atoms with Crippen molar-refractivity contribution in [2.45, 2.75) is 26.7 Å². The number of hydrogen-bond acceptors (Lipinski definition) is 7. The van der Waals surface area contributed by atoms with E-state index in [0.29, 0.717) is 48.3 Å². The fourth-order valence-electron chi connectivity index (χ4n) is 3.10. The summed E-state index contributed by atoms with van der Waals surface area (Å²) < 4.78 is 6.48. The summed E-state index contributed by atoms with van der Waals surface area (Å²) in [7, 11) is 0. The van der Waals surface area contributed by atoms with Crippen LogP contribution < -0.4 is 10.6 Å². The molecule has 0 amide bonds. The van der Waals surface area contributed by atoms with E-state index < -0.39 is 5.97 Å². The van der Waals surface area contributed by atoms with Crippen LogP contribution in [0.5, 0.6) is 0 Å². The molecule has 2 aromatic rings. The van der Waals surface area contributed by atoms with Crippen LogP contribution in [0.2, 0.25) is 0 Å². The Balaban J connectivity index is 1.87. The number of carbonyl (C=O) groups excluding carboxylic acids is 1. The molecular formula is C16H19N3O5S. The molecule has 0 unspecified atom stereocenters. The number of piperidine rings is 1. The standard InChI is InChI=1S/C16H19N3O5S/c1-3-24-16(23)10-4-6-18(7-5-10)19-8-17-13-11(14(19)20)9(2)12(25-13)15(21)22/h8,10H,3-7H2,1-2H3,(H,21,22). The molecule has 1 fully saturated rings. The van der Waals surface area contributed by atoms with E-state index in [1.807, 2.05) is 5.01 Å². The molecule has 1 N–H and O–H groups in total. The Morgan fingerprint density at radius 2 is 2.08 bits per heavy atom. The quantitative estimate of drug-likeness (QED) is 0.817. The number of fused-ring (bicyclic) bond motifs is 1. The van der Waals surface area contributed by atoms with Gasteiger partial charge in [-0.15, -0.1) is 11.3 Å². The van der Waals surface area contributed by atoms with Gasteiger partial charge in [-0.1, -0.05) is 0 Å². The molecule has 2 aromatic heterocycles. The van der Waals surface area contributed by atoms with Crippen molar-refractivity contribution in [3.8, 4) is 0 Å². The average Bonchev–Trinajstić information content (AvgIpc) is 2.93. The molecule has 134 valence electrons. The maximum absolute atomic E-state index is 12.8. The lowest BCUT2D eigenvalue weighted by molar-refractivity contribution is -0.148. The van der Waals surface area contributed by atoms with Crippen molar-refractivity contribution in [2.75, 3.05) is 24.7 Å². The Bertz CT molecular complexity index is 880. The Kier molecular flexibility index (Phi) is 4.76. The first-order valence-electron chi connectivity index (χ1n) is 8.10. The summed E-state index contributed by atoms with van der Waals surface area (Å²) in [5, 5.41) is 11.4. The number of esters is 1. The Labute approximate surface area is 147 Å². The summed E-state index contributed by atoms with van der Waals surface area (Å²) in [5.41, 5.74) is 0.168. The summed E-state index contributed by atoms with van der Waals surface area (Å²) in [6, 6.07) is 0. The van der Waals surface area contributed by atoms with Crippen LogP contribution in [0, 0.1) is 12.8 Å². The summed E-state index contributed by atoms with van der Waals surface area (Å²) in [4.78, 5) is 40.7. The van der Waals surface area contributed by atoms with Crippen LogP contribution in [0.25, 0.3) is 10.2 Å². The first-order valence-corrected chi connectivity index (χ1v) is 8.91. The summed E-state index contributed by atoms with van der Waals surface area (Å²) in [6.07, 6.45) is 2.63. The van der Waals surface area contributed by atoms with Gasteiger partial charge < -0.3 is 14.9 Å². The van der Waals surface area contributed by atoms with E-state index >= 15 is 0 Å². The van der Waals surface area contributed by atoms with Gasteiger partial charge in [-0.05, 0) is 32.3 Å². The first kappa shape index (κ1) is 17.4. The molecule has 9 heteroatoms. The van der Waals surface area contributed by atoms with Gasteiger partial charge in [-0.3, -0.25) is 9.59 Å². The second-order valence-electron chi connectivity index (χ2n) is 5.92. The molecule has 3 rings (SSSR count). The number of rotatable bonds is 4. The molecule has 0 aliphatic carbocycles. The summed E-state index contributed by atoms with van der Waals surface area (Å²) in [5.74, 6) is -1.39. The SMILES string of the molecule is CCOC(=O)C1CCN(n2cnc3sc(C(=O)O)c(C)c3c2=O)CC1. The van der Waals surface area contributed by atoms with Crippen LogP contribution in [-0.4, -0.2) is 46.4 Å². The number of aromatic nitrogens is 2. The number of ether oxygens (including phenoxy) is 1. The third-order valence-electron chi connectivity index (χ3n) is 4.42. The van der Waals surface area contributed by atoms with Crippen LogP contribution in [-0.2, 0) is 9.53 Å². The lowest BCUT2D eigenvalue weighted by atomic mass is 9.98. The van der Waals surface area contributed by atoms with Crippen molar-refractivity contribution in [1.29, 1.82) is 0 Å². The molecule has 0 radical (unpaired) electrons. The van der Waals surface area contributed by atoms with Crippen molar-refractivity contribution in [3.63, 3.8) is 0 Å². The van der Waals surface area contributed by atoms with Gasteiger partial charge in [0, 0.05) is 13.1 Å². The first-order chi connectivity index (χ1) is 11.9. The normalized spacial score (nSPS) is 15.5. The number of aryl methyl sites for hydroxylation is 1. The topological polar surface area (TPSA) is 102 Å². The van der Waals surface area contributed by atoms with Gasteiger partial charge in [0.15, 0.2) is 0 Å². The molecule has 8 nitrogen and oxygen atoms in total. The fraction of sp³-hybridized carbons (Fsp3) is 0.500. The van der Waals surface area contributed by atoms with E-state index in [2.05, 4.69) is 4.98 Å². The van der Waals surface area contributed by atoms with E-state index in [4.69, 9.17) is 4.74 Å². The van der Waals surface area contributed by atoms with Crippen LogP contribution >= 0.6 is 11.3 Å². The second-order valence-corrected chi connectivity index (χ2v) is 6.91. The van der Waals surface area contributed by atoms with E-state index in [-0.39, 0.29) is 22.3 Å². The predicted molar refractivity (Wildman–Crippen MR) is 92.9 cm³/mol. The summed E-state index contributed by atoms with van der Waals surface area (Å²) in [6.45, 7) is 4.84. The minimum Gasteiger partial charge on any atom is -0.477 e. The van der Waals surface area contributed by atoms with Gasteiger partial charge in [0.1, 0.15) is 16.0 Å². The Morgan fingerprint density at radius 3 is 2.68 bits per heavy atom. The van der Waals surface area contributed by atoms with Crippen molar-refractivity contribution in [1.82, 2.24) is 9.66 Å². The van der Waals surface area contributed by atoms with Crippen LogP contribution in [0.1, 0.15) is 35.0 Å². The zero-order valence-corrected chi connectivity index (χ0v) is 14.8. The highest BCUT2D eigenvalue weighted by Gasteiger charge is 2.27. The lowest BCUT2D eigenvalue weighted by Crippen LogP contribution is -2.48. The highest BCUT2D eigenvalue weighted by Crippen LogP contribution is 2.27. The van der Waals surface area contributed by atoms with E-state index in [9.17, 15) is 19.5 Å². The van der Waals surface area contributed by atoms with Crippen LogP contribution in [0.3, 0.4) is 0 Å². The lowest BCUT2D eigenvalue weighted by Gasteiger charge is -2.32. The number of aromatic carboxylic acids is 1. The van der Waals surface area contributed by atoms with E-state index in [1.165, 1.54) is 11.0 Å². The highest BCUT2D eigenvalue weighted by molar-refractivity contribution is 7.20. The van der Waals surface area contributed by atoms with Crippen LogP contribution in [0.4, 0.5) is 0 Å². The molecule has 0 spiro atoms. The van der Waals surface area contributed by atoms with Gasteiger partial charge >= 0.3 is 11.9 Å². The molecular weight excluding hydrogens is 346 g/mol. The predicted octanol–water partition coefficient (Wildman–Crippen LogP) is 1.38. The van der Waals surface area contributed by atoms with Gasteiger partial charge in [-0.25, -0.2) is 14.5 Å². The Hall–Kier alpha value is -2.42. The zero-order valence-electron chi connectivity index (χ0n) is 14.0. The van der Waals surface area contributed by atoms with E-state index in [1.54, 1.807) is 13.8 Å². The highest BCUT2D eigenvalue weighted by atomic mass is 32.1. The third kappa shape index (κ3) is 3.11. The van der Waals surface area contributed by atoms with E-state index in [0.717, 1.165) is 11.3 Å². The van der Waals surface area contributed by atoms with Crippen molar-refractivity contribution in [3.05, 3.63) is 27.1 Å². The van der Waals surface area contributed by atoms with Gasteiger partial charge in [0.25, 0.3) is 5.56 Å². The van der Waals surface area contributed by atoms with Gasteiger partial charge in [0.05, 0.1) is 17.9 Å². The largest absolute Gasteiger partial charge is 0.477 e. The number of nitrogens with zero attached hydrogens (tertiary/aromatic N) is 3. The molecule has 3 heterocycles. The summed E-state index contributed by atoms with van der Waals surface area (Å²) >= 11 is 1.01. The van der Waals surface area contributed by atoms with Crippen molar-refractivity contribution >= 4 is 33.5 Å². The zero-order chi connectivity index (χ0) is 18.1. The van der Waals surface area contributed by atoms with Gasteiger partial charge in [0.2, 0.25) is 0 Å². The number of thiophene rings is 1. The van der Waals surface area contributed by atoms with Crippen molar-refractivity contribution in [2.24, 2.45) is 5.92 Å². The second kappa shape index (κ2) is 6.83. The fourth-order valence-corrected chi connectivity index (χ4v) is 4.08. The number of carboxylic acid groups (broad SMARTS) is 1. The molecule has 25 heavy (non-hydrogen) atoms. The third-order valence-corrected chi connectivity index (χ3v) is 5.61. The van der Waals surface area contributed by atoms with Crippen LogP contribution in [0.15, 0.2) is 11.1 Å². The maximum atomic E-state index is 12.8. The van der Waals surface area contributed by atoms with Crippen molar-refractivity contribution < 1.29 is 19.4 Å². The molecule has 1 aliphatic rings. The minimum atomic E-state index is -1.05. The molecule has 0 saturated carbocycles. The number of hydrogen-bond donors (Lipinski definition) is 1.